The Morgan fingerprint density at radius 2 is 2.20 bits per heavy atom. The van der Waals surface area contributed by atoms with Gasteiger partial charge in [0.25, 0.3) is 5.91 Å². The number of amides is 1. The van der Waals surface area contributed by atoms with E-state index >= 15 is 0 Å². The number of nitrogens with one attached hydrogen (secondary N) is 1. The van der Waals surface area contributed by atoms with Crippen molar-refractivity contribution in [3.63, 3.8) is 0 Å². The summed E-state index contributed by atoms with van der Waals surface area (Å²) in [5.74, 6) is 1.00. The second-order valence-electron chi connectivity index (χ2n) is 5.33. The van der Waals surface area contributed by atoms with Crippen LogP contribution in [0.1, 0.15) is 40.8 Å². The third-order valence-corrected chi connectivity index (χ3v) is 3.59. The van der Waals surface area contributed by atoms with Gasteiger partial charge in [0.05, 0.1) is 0 Å². The number of carbonyl (C=O) groups is 1. The Labute approximate surface area is 120 Å². The van der Waals surface area contributed by atoms with E-state index in [-0.39, 0.29) is 5.91 Å². The first-order valence-electron chi connectivity index (χ1n) is 7.03. The fourth-order valence-corrected chi connectivity index (χ4v) is 2.41. The van der Waals surface area contributed by atoms with Crippen molar-refractivity contribution in [1.82, 2.24) is 20.2 Å². The van der Waals surface area contributed by atoms with E-state index < -0.39 is 0 Å². The van der Waals surface area contributed by atoms with E-state index in [1.165, 1.54) is 0 Å². The molecule has 1 aromatic heterocycles. The molecular formula is C15H22N4O. The van der Waals surface area contributed by atoms with E-state index in [0.29, 0.717) is 18.2 Å². The monoisotopic (exact) mass is 274 g/mol. The van der Waals surface area contributed by atoms with Crippen molar-refractivity contribution in [1.29, 1.82) is 0 Å². The number of rotatable bonds is 4. The van der Waals surface area contributed by atoms with Gasteiger partial charge in [0.15, 0.2) is 0 Å². The van der Waals surface area contributed by atoms with Crippen LogP contribution < -0.4 is 5.32 Å². The zero-order chi connectivity index (χ0) is 14.5. The number of hydrogen-bond acceptors (Lipinski definition) is 4. The molecule has 1 amide bonds. The number of aromatic nitrogens is 2. The van der Waals surface area contributed by atoms with E-state index in [2.05, 4.69) is 33.8 Å². The van der Waals surface area contributed by atoms with Gasteiger partial charge in [0.2, 0.25) is 0 Å². The van der Waals surface area contributed by atoms with Gasteiger partial charge in [-0.25, -0.2) is 9.97 Å². The number of aryl methyl sites for hydroxylation is 1. The number of carbonyl (C=O) groups excluding carboxylic acids is 1. The van der Waals surface area contributed by atoms with Crippen molar-refractivity contribution in [2.24, 2.45) is 0 Å². The highest BCUT2D eigenvalue weighted by atomic mass is 16.1. The van der Waals surface area contributed by atoms with Gasteiger partial charge in [-0.05, 0) is 46.0 Å². The Kier molecular flexibility index (Phi) is 4.84. The average Bonchev–Trinajstić information content (AvgIpc) is 2.44. The van der Waals surface area contributed by atoms with E-state index in [0.717, 1.165) is 37.4 Å². The van der Waals surface area contributed by atoms with Crippen molar-refractivity contribution in [2.75, 3.05) is 26.7 Å². The molecule has 1 saturated heterocycles. The summed E-state index contributed by atoms with van der Waals surface area (Å²) in [6, 6.07) is 1.73. The maximum absolute atomic E-state index is 12.0. The van der Waals surface area contributed by atoms with Crippen molar-refractivity contribution >= 4 is 5.91 Å². The Balaban J connectivity index is 2.15. The van der Waals surface area contributed by atoms with Crippen molar-refractivity contribution < 1.29 is 4.79 Å². The molecule has 0 aromatic carbocycles. The SMILES string of the molecule is C=CCNC(=O)c1cc(C)nc(C2CCN(C)CC2)n1. The maximum atomic E-state index is 12.0. The van der Waals surface area contributed by atoms with Gasteiger partial charge in [-0.1, -0.05) is 6.08 Å². The quantitative estimate of drug-likeness (QED) is 0.846. The molecule has 0 bridgehead atoms. The molecule has 5 heteroatoms. The van der Waals surface area contributed by atoms with E-state index in [9.17, 15) is 4.79 Å². The smallest absolute Gasteiger partial charge is 0.270 e. The average molecular weight is 274 g/mol. The predicted molar refractivity (Wildman–Crippen MR) is 78.8 cm³/mol. The molecule has 0 atom stereocenters. The van der Waals surface area contributed by atoms with Crippen LogP contribution in [0.2, 0.25) is 0 Å². The van der Waals surface area contributed by atoms with Crippen LogP contribution in [0, 0.1) is 6.92 Å². The van der Waals surface area contributed by atoms with Crippen LogP contribution in [0.15, 0.2) is 18.7 Å². The fourth-order valence-electron chi connectivity index (χ4n) is 2.41. The first-order valence-corrected chi connectivity index (χ1v) is 7.03. The van der Waals surface area contributed by atoms with Gasteiger partial charge >= 0.3 is 0 Å². The second-order valence-corrected chi connectivity index (χ2v) is 5.33. The molecule has 0 unspecified atom stereocenters. The molecule has 1 aromatic rings. The minimum absolute atomic E-state index is 0.162. The lowest BCUT2D eigenvalue weighted by Gasteiger charge is -2.28. The molecule has 1 N–H and O–H groups in total. The molecule has 1 aliphatic rings. The first kappa shape index (κ1) is 14.7. The maximum Gasteiger partial charge on any atom is 0.270 e. The van der Waals surface area contributed by atoms with Crippen LogP contribution >= 0.6 is 0 Å². The standard InChI is InChI=1S/C15H22N4O/c1-4-7-16-15(20)13-10-11(2)17-14(18-13)12-5-8-19(3)9-6-12/h4,10,12H,1,5-9H2,2-3H3,(H,16,20). The molecule has 0 radical (unpaired) electrons. The van der Waals surface area contributed by atoms with Crippen LogP contribution in [-0.4, -0.2) is 47.5 Å². The lowest BCUT2D eigenvalue weighted by atomic mass is 9.96. The van der Waals surface area contributed by atoms with Crippen LogP contribution in [0.4, 0.5) is 0 Å². The molecule has 1 fully saturated rings. The van der Waals surface area contributed by atoms with Gasteiger partial charge in [0, 0.05) is 18.2 Å². The van der Waals surface area contributed by atoms with Crippen LogP contribution in [0.5, 0.6) is 0 Å². The molecule has 0 saturated carbocycles. The topological polar surface area (TPSA) is 58.1 Å². The Morgan fingerprint density at radius 1 is 1.50 bits per heavy atom. The normalized spacial score (nSPS) is 16.9. The third kappa shape index (κ3) is 3.63. The zero-order valence-corrected chi connectivity index (χ0v) is 12.2. The minimum atomic E-state index is -0.162. The summed E-state index contributed by atoms with van der Waals surface area (Å²) in [4.78, 5) is 23.3. The number of piperidine rings is 1. The molecule has 5 nitrogen and oxygen atoms in total. The fraction of sp³-hybridized carbons (Fsp3) is 0.533. The third-order valence-electron chi connectivity index (χ3n) is 3.59. The number of nitrogens with zero attached hydrogens (tertiary/aromatic N) is 3. The van der Waals surface area contributed by atoms with E-state index in [4.69, 9.17) is 0 Å². The van der Waals surface area contributed by atoms with Crippen molar-refractivity contribution in [2.45, 2.75) is 25.7 Å². The lowest BCUT2D eigenvalue weighted by Crippen LogP contribution is -2.30. The Morgan fingerprint density at radius 3 is 2.85 bits per heavy atom. The number of hydrogen-bond donors (Lipinski definition) is 1. The molecular weight excluding hydrogens is 252 g/mol. The van der Waals surface area contributed by atoms with Crippen LogP contribution in [0.3, 0.4) is 0 Å². The first-order chi connectivity index (χ1) is 9.60. The van der Waals surface area contributed by atoms with Gasteiger partial charge < -0.3 is 10.2 Å². The van der Waals surface area contributed by atoms with E-state index in [1.54, 1.807) is 12.1 Å². The summed E-state index contributed by atoms with van der Waals surface area (Å²) >= 11 is 0. The van der Waals surface area contributed by atoms with Crippen molar-refractivity contribution in [3.05, 3.63) is 35.9 Å². The summed E-state index contributed by atoms with van der Waals surface area (Å²) in [5.41, 5.74) is 1.30. The molecule has 1 aliphatic heterocycles. The Bertz CT molecular complexity index is 493. The second kappa shape index (κ2) is 6.61. The minimum Gasteiger partial charge on any atom is -0.347 e. The predicted octanol–water partition coefficient (Wildman–Crippen LogP) is 1.51. The van der Waals surface area contributed by atoms with Gasteiger partial charge in [0.1, 0.15) is 11.5 Å². The summed E-state index contributed by atoms with van der Waals surface area (Å²) in [5, 5.41) is 2.76. The molecule has 0 spiro atoms. The Hall–Kier alpha value is -1.75. The largest absolute Gasteiger partial charge is 0.347 e. The lowest BCUT2D eigenvalue weighted by molar-refractivity contribution is 0.0952. The molecule has 2 rings (SSSR count). The highest BCUT2D eigenvalue weighted by Crippen LogP contribution is 2.25. The van der Waals surface area contributed by atoms with Gasteiger partial charge in [-0.2, -0.15) is 0 Å². The highest BCUT2D eigenvalue weighted by molar-refractivity contribution is 5.92. The summed E-state index contributed by atoms with van der Waals surface area (Å²) in [7, 11) is 2.13. The van der Waals surface area contributed by atoms with E-state index in [1.807, 2.05) is 6.92 Å². The van der Waals surface area contributed by atoms with Crippen LogP contribution in [0.25, 0.3) is 0 Å². The van der Waals surface area contributed by atoms with Gasteiger partial charge in [-0.3, -0.25) is 4.79 Å². The van der Waals surface area contributed by atoms with Gasteiger partial charge in [-0.15, -0.1) is 6.58 Å². The molecule has 20 heavy (non-hydrogen) atoms. The summed E-state index contributed by atoms with van der Waals surface area (Å²) < 4.78 is 0. The highest BCUT2D eigenvalue weighted by Gasteiger charge is 2.22. The molecule has 2 heterocycles. The number of likely N-dealkylation sites (tertiary alicyclic amines) is 1. The van der Waals surface area contributed by atoms with Crippen molar-refractivity contribution in [3.8, 4) is 0 Å². The zero-order valence-electron chi connectivity index (χ0n) is 12.2. The molecule has 0 aliphatic carbocycles. The summed E-state index contributed by atoms with van der Waals surface area (Å²) in [6.45, 7) is 8.06. The molecule has 108 valence electrons. The summed E-state index contributed by atoms with van der Waals surface area (Å²) in [6.07, 6.45) is 3.76. The van der Waals surface area contributed by atoms with Crippen LogP contribution in [-0.2, 0) is 0 Å².